The summed E-state index contributed by atoms with van der Waals surface area (Å²) in [5.74, 6) is 0.279. The van der Waals surface area contributed by atoms with E-state index in [1.807, 2.05) is 84.9 Å². The minimum Gasteiger partial charge on any atom is -0.456 e. The van der Waals surface area contributed by atoms with Crippen LogP contribution in [0.4, 0.5) is 0 Å². The maximum absolute atomic E-state index is 9.79. The molecular weight excluding hydrogens is 661 g/mol. The molecule has 0 unspecified atom stereocenters. The van der Waals surface area contributed by atoms with E-state index in [-0.39, 0.29) is 83.7 Å². The van der Waals surface area contributed by atoms with Gasteiger partial charge < -0.3 is 8.83 Å². The Morgan fingerprint density at radius 1 is 0.481 bits per heavy atom. The van der Waals surface area contributed by atoms with Crippen molar-refractivity contribution in [2.45, 2.75) is 0 Å². The van der Waals surface area contributed by atoms with E-state index in [1.165, 1.54) is 4.57 Å². The van der Waals surface area contributed by atoms with Crippen LogP contribution in [-0.4, -0.2) is 19.5 Å². The molecule has 0 radical (unpaired) electrons. The largest absolute Gasteiger partial charge is 0.456 e. The van der Waals surface area contributed by atoms with Gasteiger partial charge in [0, 0.05) is 63.6 Å². The average molecular weight is 695 g/mol. The first kappa shape index (κ1) is 20.1. The summed E-state index contributed by atoms with van der Waals surface area (Å²) in [4.78, 5) is 15.0. The molecule has 7 aromatic carbocycles. The lowest BCUT2D eigenvalue weighted by molar-refractivity contribution is 0.668. The van der Waals surface area contributed by atoms with Crippen LogP contribution in [-0.2, 0) is 0 Å². The standard InChI is InChI=1S/C45H24N4O2S/c1-5-13-35-27(9-1)32-23-34-31-12-4-8-16-41(31)52-42(34)24-36(32)49(35)45-47-43(25-18-20-39-33(21-25)29-11-3-7-15-38(29)50-39)46-44(48-45)26-17-19-30-28-10-2-6-14-37(28)51-40(30)22-26/h1-24H/i1D,4D,5D,8D,9D,12D,13D,16D,23D,24D. The predicted octanol–water partition coefficient (Wildman–Crippen LogP) is 12.5. The van der Waals surface area contributed by atoms with Gasteiger partial charge in [0.15, 0.2) is 11.6 Å². The van der Waals surface area contributed by atoms with Gasteiger partial charge in [-0.05, 0) is 66.6 Å². The average Bonchev–Trinajstić information content (AvgIpc) is 4.07. The van der Waals surface area contributed by atoms with Crippen LogP contribution < -0.4 is 0 Å². The summed E-state index contributed by atoms with van der Waals surface area (Å²) in [5, 5.41) is 3.56. The molecule has 0 atom stereocenters. The first-order valence-corrected chi connectivity index (χ1v) is 17.2. The highest BCUT2D eigenvalue weighted by Crippen LogP contribution is 2.41. The van der Waals surface area contributed by atoms with E-state index in [2.05, 4.69) is 0 Å². The van der Waals surface area contributed by atoms with Gasteiger partial charge in [0.25, 0.3) is 0 Å². The molecule has 7 heteroatoms. The van der Waals surface area contributed by atoms with Crippen LogP contribution in [0.15, 0.2) is 154 Å². The van der Waals surface area contributed by atoms with Gasteiger partial charge in [0.2, 0.25) is 5.95 Å². The van der Waals surface area contributed by atoms with Gasteiger partial charge in [0.05, 0.1) is 24.7 Å². The summed E-state index contributed by atoms with van der Waals surface area (Å²) in [6.45, 7) is 0. The van der Waals surface area contributed by atoms with Crippen molar-refractivity contribution in [1.82, 2.24) is 19.5 Å². The molecule has 0 amide bonds. The topological polar surface area (TPSA) is 69.9 Å². The highest BCUT2D eigenvalue weighted by Gasteiger charge is 2.21. The van der Waals surface area contributed by atoms with E-state index < -0.39 is 36.3 Å². The van der Waals surface area contributed by atoms with E-state index in [0.29, 0.717) is 33.5 Å². The van der Waals surface area contributed by atoms with Gasteiger partial charge in [-0.2, -0.15) is 9.97 Å². The summed E-state index contributed by atoms with van der Waals surface area (Å²) in [6, 6.07) is 22.3. The molecule has 5 heterocycles. The number of rotatable bonds is 3. The molecule has 0 N–H and O–H groups in total. The zero-order chi connectivity index (χ0) is 42.6. The molecule has 12 rings (SSSR count). The van der Waals surface area contributed by atoms with Crippen molar-refractivity contribution >= 4 is 97.2 Å². The van der Waals surface area contributed by atoms with Crippen molar-refractivity contribution in [3.63, 3.8) is 0 Å². The number of hydrogen-bond donors (Lipinski definition) is 0. The number of benzene rings is 7. The third kappa shape index (κ3) is 3.96. The highest BCUT2D eigenvalue weighted by molar-refractivity contribution is 7.25. The van der Waals surface area contributed by atoms with Crippen molar-refractivity contribution in [3.05, 3.63) is 145 Å². The summed E-state index contributed by atoms with van der Waals surface area (Å²) >= 11 is 0.943. The fourth-order valence-electron chi connectivity index (χ4n) is 7.15. The quantitative estimate of drug-likeness (QED) is 0.184. The first-order chi connectivity index (χ1) is 29.9. The van der Waals surface area contributed by atoms with E-state index in [1.54, 1.807) is 0 Å². The molecule has 5 aromatic heterocycles. The zero-order valence-electron chi connectivity index (χ0n) is 36.6. The summed E-state index contributed by atoms with van der Waals surface area (Å²) in [7, 11) is 0. The Balaban J connectivity index is 1.23. The van der Waals surface area contributed by atoms with Gasteiger partial charge in [-0.15, -0.1) is 11.3 Å². The van der Waals surface area contributed by atoms with Crippen molar-refractivity contribution in [3.8, 4) is 28.7 Å². The maximum Gasteiger partial charge on any atom is 0.238 e. The smallest absolute Gasteiger partial charge is 0.238 e. The fourth-order valence-corrected chi connectivity index (χ4v) is 8.11. The summed E-state index contributed by atoms with van der Waals surface area (Å²) < 4.78 is 104. The van der Waals surface area contributed by atoms with Crippen molar-refractivity contribution in [2.24, 2.45) is 0 Å². The Kier molecular flexibility index (Phi) is 4.01. The Morgan fingerprint density at radius 3 is 1.98 bits per heavy atom. The highest BCUT2D eigenvalue weighted by atomic mass is 32.1. The minimum absolute atomic E-state index is 0.00146. The number of thiophene rings is 1. The third-order valence-corrected chi connectivity index (χ3v) is 10.5. The van der Waals surface area contributed by atoms with Gasteiger partial charge in [-0.3, -0.25) is 4.57 Å². The molecule has 0 aliphatic heterocycles. The first-order valence-electron chi connectivity index (χ1n) is 21.4. The second-order valence-corrected chi connectivity index (χ2v) is 13.5. The number of fused-ring (bicyclic) bond motifs is 12. The zero-order valence-corrected chi connectivity index (χ0v) is 27.4. The number of hydrogen-bond acceptors (Lipinski definition) is 6. The molecule has 52 heavy (non-hydrogen) atoms. The monoisotopic (exact) mass is 694 g/mol. The lowest BCUT2D eigenvalue weighted by atomic mass is 10.1. The van der Waals surface area contributed by atoms with E-state index in [9.17, 15) is 5.48 Å². The molecule has 0 aliphatic rings. The van der Waals surface area contributed by atoms with E-state index >= 15 is 0 Å². The van der Waals surface area contributed by atoms with Crippen LogP contribution in [0.5, 0.6) is 0 Å². The van der Waals surface area contributed by atoms with E-state index in [0.717, 1.165) is 32.9 Å². The van der Waals surface area contributed by atoms with Crippen LogP contribution in [0.25, 0.3) is 115 Å². The number of aromatic nitrogens is 4. The minimum atomic E-state index is -0.554. The number of furan rings is 2. The number of para-hydroxylation sites is 3. The van der Waals surface area contributed by atoms with E-state index in [4.69, 9.17) is 32.0 Å². The molecule has 0 bridgehead atoms. The second-order valence-electron chi connectivity index (χ2n) is 12.4. The molecule has 0 saturated heterocycles. The second kappa shape index (κ2) is 10.4. The lowest BCUT2D eigenvalue weighted by Crippen LogP contribution is -2.06. The predicted molar refractivity (Wildman–Crippen MR) is 212 cm³/mol. The van der Waals surface area contributed by atoms with Crippen LogP contribution in [0, 0.1) is 0 Å². The van der Waals surface area contributed by atoms with Crippen molar-refractivity contribution < 1.29 is 22.5 Å². The lowest BCUT2D eigenvalue weighted by Gasteiger charge is -2.11. The molecule has 6 nitrogen and oxygen atoms in total. The molecule has 0 aliphatic carbocycles. The molecule has 0 fully saturated rings. The Bertz CT molecular complexity index is 4020. The molecular formula is C45H24N4O2S. The van der Waals surface area contributed by atoms with Crippen LogP contribution in [0.3, 0.4) is 0 Å². The fraction of sp³-hybridized carbons (Fsp3) is 0. The van der Waals surface area contributed by atoms with Gasteiger partial charge in [0.1, 0.15) is 22.3 Å². The van der Waals surface area contributed by atoms with Gasteiger partial charge >= 0.3 is 0 Å². The Labute approximate surface area is 312 Å². The van der Waals surface area contributed by atoms with Crippen LogP contribution in [0.1, 0.15) is 13.7 Å². The molecule has 0 saturated carbocycles. The third-order valence-electron chi connectivity index (χ3n) is 9.51. The van der Waals surface area contributed by atoms with Crippen LogP contribution >= 0.6 is 11.3 Å². The van der Waals surface area contributed by atoms with Crippen molar-refractivity contribution in [2.75, 3.05) is 0 Å². The molecule has 12 aromatic rings. The molecule has 242 valence electrons. The van der Waals surface area contributed by atoms with Crippen molar-refractivity contribution in [1.29, 1.82) is 0 Å². The summed E-state index contributed by atoms with van der Waals surface area (Å²) in [6.07, 6.45) is 0. The normalized spacial score (nSPS) is 14.9. The Morgan fingerprint density at radius 2 is 1.13 bits per heavy atom. The SMILES string of the molecule is [2H]c1c([2H])c([2H])c2c(sc3c([2H])c4c(c([2H])c32)c2c([2H])c([2H])c([2H])c([2H])c2n4-c2nc(-c3ccc4c(c3)oc3ccccc34)nc(-c3ccc4oc5ccccc5c4c3)n2)c1[2H]. The Hall–Kier alpha value is -6.83. The van der Waals surface area contributed by atoms with Crippen LogP contribution in [0.2, 0.25) is 0 Å². The van der Waals surface area contributed by atoms with Gasteiger partial charge in [-0.1, -0.05) is 78.7 Å². The van der Waals surface area contributed by atoms with Gasteiger partial charge in [-0.25, -0.2) is 4.98 Å². The molecule has 0 spiro atoms. The number of nitrogens with zero attached hydrogens (tertiary/aromatic N) is 4. The maximum atomic E-state index is 9.79. The summed E-state index contributed by atoms with van der Waals surface area (Å²) in [5.41, 5.74) is 3.66.